The number of amides is 1. The van der Waals surface area contributed by atoms with Gasteiger partial charge in [-0.25, -0.2) is 4.98 Å². The lowest BCUT2D eigenvalue weighted by molar-refractivity contribution is -0.118. The molecule has 1 aromatic carbocycles. The molecular weight excluding hydrogens is 361 g/mol. The van der Waals surface area contributed by atoms with Crippen LogP contribution in [0.4, 0.5) is 17.5 Å². The van der Waals surface area contributed by atoms with Crippen molar-refractivity contribution < 1.29 is 4.79 Å². The van der Waals surface area contributed by atoms with Gasteiger partial charge in [0.1, 0.15) is 5.82 Å². The van der Waals surface area contributed by atoms with Crippen LogP contribution in [0.5, 0.6) is 0 Å². The molecule has 0 radical (unpaired) electrons. The van der Waals surface area contributed by atoms with E-state index in [0.717, 1.165) is 17.1 Å². The summed E-state index contributed by atoms with van der Waals surface area (Å²) in [5.74, 6) is 1.39. The summed E-state index contributed by atoms with van der Waals surface area (Å²) in [7, 11) is 0. The van der Waals surface area contributed by atoms with E-state index in [1.165, 1.54) is 6.92 Å². The Morgan fingerprint density at radius 2 is 1.96 bits per heavy atom. The summed E-state index contributed by atoms with van der Waals surface area (Å²) in [6, 6.07) is 5.23. The van der Waals surface area contributed by atoms with Crippen molar-refractivity contribution in [2.75, 3.05) is 23.7 Å². The molecule has 8 heteroatoms. The van der Waals surface area contributed by atoms with Crippen molar-refractivity contribution in [2.24, 2.45) is 0 Å². The van der Waals surface area contributed by atoms with Crippen LogP contribution in [-0.4, -0.2) is 29.0 Å². The fourth-order valence-electron chi connectivity index (χ4n) is 2.14. The number of halogens is 2. The molecule has 3 N–H and O–H groups in total. The highest BCUT2D eigenvalue weighted by molar-refractivity contribution is 6.42. The van der Waals surface area contributed by atoms with Gasteiger partial charge in [-0.1, -0.05) is 37.0 Å². The lowest BCUT2D eigenvalue weighted by Crippen LogP contribution is -2.26. The third kappa shape index (κ3) is 5.76. The van der Waals surface area contributed by atoms with Gasteiger partial charge in [0.15, 0.2) is 0 Å². The minimum Gasteiger partial charge on any atom is -0.368 e. The van der Waals surface area contributed by atoms with Crippen LogP contribution >= 0.6 is 23.2 Å². The first-order chi connectivity index (χ1) is 11.9. The monoisotopic (exact) mass is 381 g/mol. The Bertz CT molecular complexity index is 752. The fraction of sp³-hybridized carbons (Fsp3) is 0.353. The quantitative estimate of drug-likeness (QED) is 0.626. The van der Waals surface area contributed by atoms with E-state index in [2.05, 4.69) is 39.8 Å². The Hall–Kier alpha value is -2.05. The van der Waals surface area contributed by atoms with E-state index in [4.69, 9.17) is 23.2 Å². The Morgan fingerprint density at radius 3 is 2.60 bits per heavy atom. The summed E-state index contributed by atoms with van der Waals surface area (Å²) >= 11 is 12.0. The van der Waals surface area contributed by atoms with Crippen LogP contribution in [0.15, 0.2) is 24.4 Å². The van der Waals surface area contributed by atoms with E-state index in [-0.39, 0.29) is 11.8 Å². The van der Waals surface area contributed by atoms with Gasteiger partial charge in [0.2, 0.25) is 11.9 Å². The van der Waals surface area contributed by atoms with Gasteiger partial charge < -0.3 is 16.0 Å². The first-order valence-corrected chi connectivity index (χ1v) is 8.69. The molecule has 0 fully saturated rings. The van der Waals surface area contributed by atoms with Gasteiger partial charge in [0.25, 0.3) is 0 Å². The van der Waals surface area contributed by atoms with Gasteiger partial charge in [0.05, 0.1) is 10.0 Å². The standard InChI is InChI=1S/C17H21Cl2N5O/c1-10(2)13-9-22-17(23-12-4-5-14(18)15(19)8-12)24-16(13)21-7-6-20-11(3)25/h4-5,8-10H,6-7H2,1-3H3,(H,20,25)(H2,21,22,23,24). The van der Waals surface area contributed by atoms with Gasteiger partial charge in [-0.3, -0.25) is 4.79 Å². The van der Waals surface area contributed by atoms with Crippen LogP contribution in [0.3, 0.4) is 0 Å². The molecule has 0 saturated heterocycles. The largest absolute Gasteiger partial charge is 0.368 e. The van der Waals surface area contributed by atoms with Crippen molar-refractivity contribution in [3.63, 3.8) is 0 Å². The number of hydrogen-bond donors (Lipinski definition) is 3. The first kappa shape index (κ1) is 19.3. The summed E-state index contributed by atoms with van der Waals surface area (Å²) in [4.78, 5) is 19.8. The van der Waals surface area contributed by atoms with Gasteiger partial charge in [-0.05, 0) is 24.1 Å². The number of aromatic nitrogens is 2. The zero-order chi connectivity index (χ0) is 18.4. The van der Waals surface area contributed by atoms with E-state index < -0.39 is 0 Å². The third-order valence-electron chi connectivity index (χ3n) is 3.41. The Labute approximate surface area is 157 Å². The number of nitrogens with one attached hydrogen (secondary N) is 3. The summed E-state index contributed by atoms with van der Waals surface area (Å²) < 4.78 is 0. The molecule has 0 unspecified atom stereocenters. The molecule has 0 aliphatic heterocycles. The van der Waals surface area contributed by atoms with Gasteiger partial charge in [0, 0.05) is 37.5 Å². The summed E-state index contributed by atoms with van der Waals surface area (Å²) in [5.41, 5.74) is 1.75. The molecule has 1 amide bonds. The number of carbonyl (C=O) groups is 1. The van der Waals surface area contributed by atoms with E-state index in [0.29, 0.717) is 29.1 Å². The van der Waals surface area contributed by atoms with Crippen LogP contribution in [-0.2, 0) is 4.79 Å². The van der Waals surface area contributed by atoms with Crippen molar-refractivity contribution in [3.8, 4) is 0 Å². The highest BCUT2D eigenvalue weighted by Gasteiger charge is 2.11. The molecule has 0 saturated carbocycles. The normalized spacial score (nSPS) is 10.6. The highest BCUT2D eigenvalue weighted by Crippen LogP contribution is 2.27. The Kier molecular flexibility index (Phi) is 6.84. The lowest BCUT2D eigenvalue weighted by Gasteiger charge is -2.15. The minimum absolute atomic E-state index is 0.0597. The average Bonchev–Trinajstić information content (AvgIpc) is 2.55. The fourth-order valence-corrected chi connectivity index (χ4v) is 2.44. The molecule has 2 rings (SSSR count). The number of hydrogen-bond acceptors (Lipinski definition) is 5. The van der Waals surface area contributed by atoms with Gasteiger partial charge >= 0.3 is 0 Å². The molecule has 0 spiro atoms. The first-order valence-electron chi connectivity index (χ1n) is 7.94. The summed E-state index contributed by atoms with van der Waals surface area (Å²) in [5, 5.41) is 10.0. The average molecular weight is 382 g/mol. The van der Waals surface area contributed by atoms with E-state index in [1.807, 2.05) is 0 Å². The zero-order valence-electron chi connectivity index (χ0n) is 14.4. The smallest absolute Gasteiger partial charge is 0.229 e. The number of carbonyl (C=O) groups excluding carboxylic acids is 1. The van der Waals surface area contributed by atoms with Crippen LogP contribution in [0.1, 0.15) is 32.3 Å². The third-order valence-corrected chi connectivity index (χ3v) is 4.15. The maximum atomic E-state index is 10.9. The van der Waals surface area contributed by atoms with Crippen LogP contribution in [0, 0.1) is 0 Å². The molecule has 6 nitrogen and oxygen atoms in total. The van der Waals surface area contributed by atoms with E-state index >= 15 is 0 Å². The molecular formula is C17H21Cl2N5O. The molecule has 0 aliphatic rings. The second kappa shape index (κ2) is 8.87. The Balaban J connectivity index is 2.14. The van der Waals surface area contributed by atoms with Gasteiger partial charge in [-0.2, -0.15) is 4.98 Å². The van der Waals surface area contributed by atoms with Crippen LogP contribution in [0.2, 0.25) is 10.0 Å². The molecule has 1 heterocycles. The second-order valence-electron chi connectivity index (χ2n) is 5.82. The summed E-state index contributed by atoms with van der Waals surface area (Å²) in [6.45, 7) is 6.73. The van der Waals surface area contributed by atoms with Crippen molar-refractivity contribution in [2.45, 2.75) is 26.7 Å². The number of anilines is 3. The number of nitrogens with zero attached hydrogens (tertiary/aromatic N) is 2. The highest BCUT2D eigenvalue weighted by atomic mass is 35.5. The summed E-state index contributed by atoms with van der Waals surface area (Å²) in [6.07, 6.45) is 1.79. The number of rotatable bonds is 7. The van der Waals surface area contributed by atoms with E-state index in [9.17, 15) is 4.79 Å². The van der Waals surface area contributed by atoms with Crippen LogP contribution in [0.25, 0.3) is 0 Å². The molecule has 25 heavy (non-hydrogen) atoms. The Morgan fingerprint density at radius 1 is 1.20 bits per heavy atom. The topological polar surface area (TPSA) is 78.9 Å². The van der Waals surface area contributed by atoms with Crippen molar-refractivity contribution >= 4 is 46.6 Å². The molecule has 0 aliphatic carbocycles. The zero-order valence-corrected chi connectivity index (χ0v) is 15.9. The van der Waals surface area contributed by atoms with Gasteiger partial charge in [-0.15, -0.1) is 0 Å². The van der Waals surface area contributed by atoms with Crippen molar-refractivity contribution in [3.05, 3.63) is 40.0 Å². The number of benzene rings is 1. The maximum absolute atomic E-state index is 10.9. The van der Waals surface area contributed by atoms with Crippen molar-refractivity contribution in [1.82, 2.24) is 15.3 Å². The lowest BCUT2D eigenvalue weighted by atomic mass is 10.1. The molecule has 134 valence electrons. The second-order valence-corrected chi connectivity index (χ2v) is 6.63. The van der Waals surface area contributed by atoms with E-state index in [1.54, 1.807) is 24.4 Å². The minimum atomic E-state index is -0.0597. The maximum Gasteiger partial charge on any atom is 0.229 e. The molecule has 0 bridgehead atoms. The predicted octanol–water partition coefficient (Wildman–Crippen LogP) is 4.20. The van der Waals surface area contributed by atoms with Crippen LogP contribution < -0.4 is 16.0 Å². The molecule has 2 aromatic rings. The molecule has 1 aromatic heterocycles. The SMILES string of the molecule is CC(=O)NCCNc1nc(Nc2ccc(Cl)c(Cl)c2)ncc1C(C)C. The molecule has 0 atom stereocenters. The predicted molar refractivity (Wildman–Crippen MR) is 103 cm³/mol. The van der Waals surface area contributed by atoms with Crippen molar-refractivity contribution in [1.29, 1.82) is 0 Å².